The average Bonchev–Trinajstić information content (AvgIpc) is 3.10. The molecule has 4 rings (SSSR count). The quantitative estimate of drug-likeness (QED) is 0.664. The number of benzene rings is 1. The van der Waals surface area contributed by atoms with Crippen molar-refractivity contribution in [2.24, 2.45) is 7.05 Å². The van der Waals surface area contributed by atoms with Gasteiger partial charge >= 0.3 is 0 Å². The zero-order valence-electron chi connectivity index (χ0n) is 15.3. The lowest BCUT2D eigenvalue weighted by molar-refractivity contribution is 0.280. The van der Waals surface area contributed by atoms with Crippen LogP contribution < -0.4 is 5.56 Å². The summed E-state index contributed by atoms with van der Waals surface area (Å²) in [5.74, 6) is 6.32. The summed E-state index contributed by atoms with van der Waals surface area (Å²) in [5.41, 5.74) is 3.74. The second-order valence-corrected chi connectivity index (χ2v) is 6.74. The zero-order chi connectivity index (χ0) is 18.6. The highest BCUT2D eigenvalue weighted by atomic mass is 16.1. The number of hydrogen-bond acceptors (Lipinski definition) is 4. The number of hydrogen-bond donors (Lipinski definition) is 0. The van der Waals surface area contributed by atoms with Gasteiger partial charge in [-0.05, 0) is 11.5 Å². The molecule has 0 spiro atoms. The van der Waals surface area contributed by atoms with E-state index >= 15 is 0 Å². The summed E-state index contributed by atoms with van der Waals surface area (Å²) in [6.45, 7) is 2.62. The summed E-state index contributed by atoms with van der Waals surface area (Å²) in [7, 11) is 1.93. The number of aryl methyl sites for hydroxylation is 1. The van der Waals surface area contributed by atoms with Gasteiger partial charge in [-0.1, -0.05) is 36.3 Å². The van der Waals surface area contributed by atoms with Gasteiger partial charge in [-0.2, -0.15) is 0 Å². The van der Waals surface area contributed by atoms with Gasteiger partial charge in [0.2, 0.25) is 0 Å². The van der Waals surface area contributed by atoms with E-state index in [1.54, 1.807) is 23.4 Å². The number of nitrogens with zero attached hydrogens (tertiary/aromatic N) is 5. The van der Waals surface area contributed by atoms with Crippen LogP contribution in [-0.4, -0.2) is 37.1 Å². The summed E-state index contributed by atoms with van der Waals surface area (Å²) in [6, 6.07) is 9.98. The molecule has 1 aliphatic heterocycles. The minimum Gasteiger partial charge on any atom is -0.327 e. The van der Waals surface area contributed by atoms with Crippen LogP contribution in [0.25, 0.3) is 0 Å². The van der Waals surface area contributed by atoms with Gasteiger partial charge in [-0.25, -0.2) is 9.97 Å². The summed E-state index contributed by atoms with van der Waals surface area (Å²) >= 11 is 0. The van der Waals surface area contributed by atoms with Crippen LogP contribution in [0.3, 0.4) is 0 Å². The maximum absolute atomic E-state index is 12.9. The van der Waals surface area contributed by atoms with Gasteiger partial charge in [0.05, 0.1) is 43.2 Å². The molecule has 6 heteroatoms. The predicted octanol–water partition coefficient (Wildman–Crippen LogP) is 1.43. The standard InChI is InChI=1S/C21H21N5O/c1-24-15-22-12-18(24)8-5-10-25-11-9-20-19(14-25)21(27)26(16-23-20)13-17-6-3-2-4-7-17/h2-4,6-7,12,15-16H,9-11,13-14H2,1H3. The molecule has 2 aromatic heterocycles. The number of fused-ring (bicyclic) bond motifs is 1. The maximum Gasteiger partial charge on any atom is 0.258 e. The van der Waals surface area contributed by atoms with Crippen LogP contribution in [0.5, 0.6) is 0 Å². The molecule has 3 heterocycles. The van der Waals surface area contributed by atoms with Gasteiger partial charge < -0.3 is 4.57 Å². The molecule has 3 aromatic rings. The molecular formula is C21H21N5O. The minimum absolute atomic E-state index is 0.0492. The van der Waals surface area contributed by atoms with Crippen molar-refractivity contribution in [3.63, 3.8) is 0 Å². The zero-order valence-corrected chi connectivity index (χ0v) is 15.3. The van der Waals surface area contributed by atoms with Crippen molar-refractivity contribution in [2.75, 3.05) is 13.1 Å². The van der Waals surface area contributed by atoms with Crippen molar-refractivity contribution in [3.05, 3.63) is 82.1 Å². The minimum atomic E-state index is 0.0492. The lowest BCUT2D eigenvalue weighted by atomic mass is 10.1. The third kappa shape index (κ3) is 3.83. The van der Waals surface area contributed by atoms with E-state index in [1.165, 1.54) is 0 Å². The summed E-state index contributed by atoms with van der Waals surface area (Å²) in [6.07, 6.45) is 5.95. The topological polar surface area (TPSA) is 56.0 Å². The second-order valence-electron chi connectivity index (χ2n) is 6.74. The van der Waals surface area contributed by atoms with Crippen molar-refractivity contribution in [3.8, 4) is 11.8 Å². The van der Waals surface area contributed by atoms with Crippen molar-refractivity contribution >= 4 is 0 Å². The van der Waals surface area contributed by atoms with Crippen LogP contribution in [-0.2, 0) is 26.6 Å². The first-order valence-corrected chi connectivity index (χ1v) is 8.99. The molecule has 0 atom stereocenters. The molecule has 0 saturated carbocycles. The van der Waals surface area contributed by atoms with Gasteiger partial charge in [0, 0.05) is 26.6 Å². The largest absolute Gasteiger partial charge is 0.327 e. The summed E-state index contributed by atoms with van der Waals surface area (Å²) in [4.78, 5) is 23.7. The van der Waals surface area contributed by atoms with Gasteiger partial charge in [0.1, 0.15) is 5.69 Å². The van der Waals surface area contributed by atoms with Crippen LogP contribution in [0.15, 0.2) is 54.0 Å². The molecule has 0 fully saturated rings. The van der Waals surface area contributed by atoms with Gasteiger partial charge in [-0.3, -0.25) is 14.3 Å². The number of imidazole rings is 1. The molecule has 0 radical (unpaired) electrons. The molecule has 27 heavy (non-hydrogen) atoms. The number of aromatic nitrogens is 4. The van der Waals surface area contributed by atoms with E-state index in [1.807, 2.05) is 41.9 Å². The Hall–Kier alpha value is -3.17. The lowest BCUT2D eigenvalue weighted by Gasteiger charge is -2.26. The fraction of sp³-hybridized carbons (Fsp3) is 0.286. The van der Waals surface area contributed by atoms with Crippen molar-refractivity contribution in [1.82, 2.24) is 24.0 Å². The molecular weight excluding hydrogens is 338 g/mol. The highest BCUT2D eigenvalue weighted by Gasteiger charge is 2.20. The van der Waals surface area contributed by atoms with Gasteiger partial charge in [0.15, 0.2) is 0 Å². The Kier molecular flexibility index (Phi) is 4.86. The second kappa shape index (κ2) is 7.60. The fourth-order valence-corrected chi connectivity index (χ4v) is 3.25. The fourth-order valence-electron chi connectivity index (χ4n) is 3.25. The third-order valence-electron chi connectivity index (χ3n) is 4.80. The smallest absolute Gasteiger partial charge is 0.258 e. The highest BCUT2D eigenvalue weighted by Crippen LogP contribution is 2.13. The lowest BCUT2D eigenvalue weighted by Crippen LogP contribution is -2.38. The van der Waals surface area contributed by atoms with E-state index in [9.17, 15) is 4.79 Å². The van der Waals surface area contributed by atoms with Crippen LogP contribution in [0.4, 0.5) is 0 Å². The molecule has 0 aliphatic carbocycles. The monoisotopic (exact) mass is 359 g/mol. The molecule has 0 unspecified atom stereocenters. The van der Waals surface area contributed by atoms with Crippen LogP contribution in [0.1, 0.15) is 22.5 Å². The van der Waals surface area contributed by atoms with Crippen LogP contribution in [0, 0.1) is 11.8 Å². The van der Waals surface area contributed by atoms with Crippen LogP contribution >= 0.6 is 0 Å². The Morgan fingerprint density at radius 3 is 2.81 bits per heavy atom. The first kappa shape index (κ1) is 17.3. The Balaban J connectivity index is 1.50. The highest BCUT2D eigenvalue weighted by molar-refractivity contribution is 5.27. The molecule has 6 nitrogen and oxygen atoms in total. The summed E-state index contributed by atoms with van der Waals surface area (Å²) < 4.78 is 3.59. The van der Waals surface area contributed by atoms with E-state index < -0.39 is 0 Å². The molecule has 0 saturated heterocycles. The maximum atomic E-state index is 12.9. The van der Waals surface area contributed by atoms with E-state index in [4.69, 9.17) is 0 Å². The van der Waals surface area contributed by atoms with E-state index in [0.29, 0.717) is 19.6 Å². The summed E-state index contributed by atoms with van der Waals surface area (Å²) in [5, 5.41) is 0. The van der Waals surface area contributed by atoms with Crippen LogP contribution in [0.2, 0.25) is 0 Å². The first-order chi connectivity index (χ1) is 13.2. The van der Waals surface area contributed by atoms with E-state index in [0.717, 1.165) is 35.5 Å². The Morgan fingerprint density at radius 2 is 2.04 bits per heavy atom. The molecule has 0 N–H and O–H groups in total. The SMILES string of the molecule is Cn1cncc1C#CCN1CCc2ncn(Cc3ccccc3)c(=O)c2C1. The van der Waals surface area contributed by atoms with E-state index in [2.05, 4.69) is 26.7 Å². The normalized spacial score (nSPS) is 13.7. The van der Waals surface area contributed by atoms with Gasteiger partial charge in [-0.15, -0.1) is 0 Å². The predicted molar refractivity (Wildman–Crippen MR) is 103 cm³/mol. The molecule has 0 amide bonds. The third-order valence-corrected chi connectivity index (χ3v) is 4.80. The molecule has 1 aliphatic rings. The molecule has 1 aromatic carbocycles. The molecule has 136 valence electrons. The van der Waals surface area contributed by atoms with Crippen molar-refractivity contribution < 1.29 is 0 Å². The molecule has 0 bridgehead atoms. The number of rotatable bonds is 3. The van der Waals surface area contributed by atoms with Crippen molar-refractivity contribution in [2.45, 2.75) is 19.5 Å². The van der Waals surface area contributed by atoms with Gasteiger partial charge in [0.25, 0.3) is 5.56 Å². The Labute approximate surface area is 158 Å². The first-order valence-electron chi connectivity index (χ1n) is 8.99. The van der Waals surface area contributed by atoms with E-state index in [-0.39, 0.29) is 5.56 Å². The average molecular weight is 359 g/mol. The van der Waals surface area contributed by atoms with Crippen molar-refractivity contribution in [1.29, 1.82) is 0 Å². The Bertz CT molecular complexity index is 1060. The Morgan fingerprint density at radius 1 is 1.19 bits per heavy atom.